The lowest BCUT2D eigenvalue weighted by Crippen LogP contribution is -2.40. The molecular weight excluding hydrogens is 490 g/mol. The van der Waals surface area contributed by atoms with Crippen LogP contribution in [-0.4, -0.2) is 35.7 Å². The topological polar surface area (TPSA) is 141 Å². The van der Waals surface area contributed by atoms with Crippen molar-refractivity contribution in [2.24, 2.45) is 5.73 Å². The number of carbonyl (C=O) groups excluding carboxylic acids is 3. The van der Waals surface area contributed by atoms with Crippen LogP contribution in [0, 0.1) is 0 Å². The van der Waals surface area contributed by atoms with E-state index in [-0.39, 0.29) is 28.7 Å². The maximum atomic E-state index is 13.5. The second kappa shape index (κ2) is 11.9. The summed E-state index contributed by atoms with van der Waals surface area (Å²) in [4.78, 5) is 39.5. The van der Waals surface area contributed by atoms with Crippen molar-refractivity contribution < 1.29 is 19.1 Å². The average Bonchev–Trinajstić information content (AvgIpc) is 3.32. The molecule has 0 bridgehead atoms. The van der Waals surface area contributed by atoms with Gasteiger partial charge >= 0.3 is 0 Å². The summed E-state index contributed by atoms with van der Waals surface area (Å²) in [5.41, 5.74) is 13.8. The van der Waals surface area contributed by atoms with Gasteiger partial charge in [0.15, 0.2) is 5.69 Å². The highest BCUT2D eigenvalue weighted by Gasteiger charge is 2.27. The molecule has 1 aromatic heterocycles. The summed E-state index contributed by atoms with van der Waals surface area (Å²) in [5.74, 6) is -0.448. The van der Waals surface area contributed by atoms with Gasteiger partial charge in [0, 0.05) is 12.2 Å². The Labute approximate surface area is 220 Å². The molecule has 2 aromatic carbocycles. The third-order valence-corrected chi connectivity index (χ3v) is 7.48. The fraction of sp³-hybridized carbons (Fsp3) is 0.333. The Morgan fingerprint density at radius 2 is 1.73 bits per heavy atom. The van der Waals surface area contributed by atoms with E-state index in [1.54, 1.807) is 7.11 Å². The number of amides is 3. The first-order valence-electron chi connectivity index (χ1n) is 12.2. The Hall–Kier alpha value is -3.92. The summed E-state index contributed by atoms with van der Waals surface area (Å²) in [5, 5.41) is 2.85. The number of anilines is 2. The molecule has 5 N–H and O–H groups in total. The van der Waals surface area contributed by atoms with E-state index in [2.05, 4.69) is 9.69 Å². The van der Waals surface area contributed by atoms with Crippen LogP contribution in [0.4, 0.5) is 11.4 Å². The highest BCUT2D eigenvalue weighted by atomic mass is 32.1. The molecule has 1 saturated carbocycles. The minimum atomic E-state index is -0.812. The van der Waals surface area contributed by atoms with E-state index in [1.165, 1.54) is 29.7 Å². The summed E-state index contributed by atoms with van der Waals surface area (Å²) in [6.45, 7) is 0.0566. The van der Waals surface area contributed by atoms with E-state index < -0.39 is 11.8 Å². The number of nitrogens with two attached hydrogens (primary N) is 2. The lowest BCUT2D eigenvalue weighted by molar-refractivity contribution is -0.119. The van der Waals surface area contributed by atoms with Crippen molar-refractivity contribution in [2.45, 2.75) is 44.6 Å². The van der Waals surface area contributed by atoms with Gasteiger partial charge in [-0.25, -0.2) is 0 Å². The fourth-order valence-electron chi connectivity index (χ4n) is 4.54. The van der Waals surface area contributed by atoms with Gasteiger partial charge in [-0.2, -0.15) is 4.37 Å². The van der Waals surface area contributed by atoms with E-state index in [0.717, 1.165) is 35.7 Å². The zero-order valence-electron chi connectivity index (χ0n) is 20.7. The van der Waals surface area contributed by atoms with Crippen LogP contribution < -0.4 is 26.4 Å². The minimum absolute atomic E-state index is 0.0631. The number of nitrogens with zero attached hydrogens (tertiary/aromatic N) is 2. The number of rotatable bonds is 9. The molecule has 0 saturated heterocycles. The quantitative estimate of drug-likeness (QED) is 0.391. The van der Waals surface area contributed by atoms with E-state index in [4.69, 9.17) is 16.2 Å². The maximum absolute atomic E-state index is 13.5. The normalized spacial score (nSPS) is 13.6. The van der Waals surface area contributed by atoms with E-state index in [0.29, 0.717) is 18.2 Å². The van der Waals surface area contributed by atoms with Crippen LogP contribution in [0.3, 0.4) is 0 Å². The summed E-state index contributed by atoms with van der Waals surface area (Å²) in [6.07, 6.45) is 6.02. The molecule has 0 spiro atoms. The largest absolute Gasteiger partial charge is 0.497 e. The van der Waals surface area contributed by atoms with Gasteiger partial charge in [0.05, 0.1) is 12.8 Å². The molecule has 0 atom stereocenters. The van der Waals surface area contributed by atoms with Crippen molar-refractivity contribution >= 4 is 40.6 Å². The molecule has 10 heteroatoms. The summed E-state index contributed by atoms with van der Waals surface area (Å²) in [6, 6.07) is 15.1. The summed E-state index contributed by atoms with van der Waals surface area (Å²) >= 11 is 0.792. The first-order chi connectivity index (χ1) is 17.9. The minimum Gasteiger partial charge on any atom is -0.497 e. The lowest BCUT2D eigenvalue weighted by atomic mass is 9.84. The number of aromatic nitrogens is 1. The molecule has 1 fully saturated rings. The zero-order chi connectivity index (χ0) is 26.4. The number of hydrogen-bond donors (Lipinski definition) is 3. The van der Waals surface area contributed by atoms with Crippen LogP contribution in [0.25, 0.3) is 0 Å². The predicted molar refractivity (Wildman–Crippen MR) is 144 cm³/mol. The summed E-state index contributed by atoms with van der Waals surface area (Å²) < 4.78 is 9.10. The molecule has 194 valence electrons. The molecular formula is C27H31N5O4S. The second-order valence-electron chi connectivity index (χ2n) is 9.08. The highest BCUT2D eigenvalue weighted by molar-refractivity contribution is 7.09. The molecule has 0 radical (unpaired) electrons. The van der Waals surface area contributed by atoms with Crippen LogP contribution in [0.1, 0.15) is 69.3 Å². The van der Waals surface area contributed by atoms with Crippen LogP contribution in [-0.2, 0) is 11.3 Å². The number of ether oxygens (including phenoxy) is 1. The SMILES string of the molecule is COc1ccc(CNC(=O)CN(C(=O)c2snc(C(N)=O)c2N)c2ccc(C3CCCCC3)cc2)cc1. The maximum Gasteiger partial charge on any atom is 0.272 e. The van der Waals surface area contributed by atoms with Gasteiger partial charge in [-0.05, 0) is 65.7 Å². The number of nitrogen functional groups attached to an aromatic ring is 1. The molecule has 1 heterocycles. The summed E-state index contributed by atoms with van der Waals surface area (Å²) in [7, 11) is 1.59. The molecule has 1 aliphatic carbocycles. The van der Waals surface area contributed by atoms with Crippen molar-refractivity contribution in [3.63, 3.8) is 0 Å². The highest BCUT2D eigenvalue weighted by Crippen LogP contribution is 2.34. The van der Waals surface area contributed by atoms with E-state index >= 15 is 0 Å². The molecule has 4 rings (SSSR count). The van der Waals surface area contributed by atoms with Crippen molar-refractivity contribution in [2.75, 3.05) is 24.3 Å². The molecule has 0 aliphatic heterocycles. The smallest absolute Gasteiger partial charge is 0.272 e. The second-order valence-corrected chi connectivity index (χ2v) is 9.85. The molecule has 0 unspecified atom stereocenters. The van der Waals surface area contributed by atoms with Crippen molar-refractivity contribution in [1.82, 2.24) is 9.69 Å². The molecule has 3 aromatic rings. The third-order valence-electron chi connectivity index (χ3n) is 6.63. The van der Waals surface area contributed by atoms with Crippen LogP contribution in [0.15, 0.2) is 48.5 Å². The van der Waals surface area contributed by atoms with Gasteiger partial charge < -0.3 is 21.5 Å². The van der Waals surface area contributed by atoms with Crippen LogP contribution >= 0.6 is 11.5 Å². The Kier molecular flexibility index (Phi) is 8.39. The predicted octanol–water partition coefficient (Wildman–Crippen LogP) is 3.84. The Bertz CT molecular complexity index is 1250. The number of nitrogens with one attached hydrogen (secondary N) is 1. The number of benzene rings is 2. The Morgan fingerprint density at radius 1 is 1.05 bits per heavy atom. The van der Waals surface area contributed by atoms with Crippen LogP contribution in [0.5, 0.6) is 5.75 Å². The molecule has 3 amide bonds. The zero-order valence-corrected chi connectivity index (χ0v) is 21.6. The lowest BCUT2D eigenvalue weighted by Gasteiger charge is -2.25. The molecule has 1 aliphatic rings. The standard InChI is InChI=1S/C27H31N5O4S/c1-36-21-13-7-17(8-14-21)15-30-22(33)16-32(27(35)25-23(28)24(26(29)34)31-37-25)20-11-9-19(10-12-20)18-5-3-2-4-6-18/h7-14,18H,2-6,15-16,28H2,1H3,(H2,29,34)(H,30,33). The Balaban J connectivity index is 1.54. The van der Waals surface area contributed by atoms with Gasteiger partial charge in [0.25, 0.3) is 11.8 Å². The van der Waals surface area contributed by atoms with Crippen molar-refractivity contribution in [1.29, 1.82) is 0 Å². The number of hydrogen-bond acceptors (Lipinski definition) is 7. The monoisotopic (exact) mass is 521 g/mol. The molecule has 37 heavy (non-hydrogen) atoms. The van der Waals surface area contributed by atoms with Crippen molar-refractivity contribution in [3.05, 3.63) is 70.2 Å². The number of primary amides is 1. The first kappa shape index (κ1) is 26.2. The average molecular weight is 522 g/mol. The van der Waals surface area contributed by atoms with Crippen molar-refractivity contribution in [3.8, 4) is 5.75 Å². The van der Waals surface area contributed by atoms with Gasteiger partial charge in [0.1, 0.15) is 17.2 Å². The van der Waals surface area contributed by atoms with E-state index in [9.17, 15) is 14.4 Å². The van der Waals surface area contributed by atoms with Gasteiger partial charge in [-0.15, -0.1) is 0 Å². The van der Waals surface area contributed by atoms with Gasteiger partial charge in [0.2, 0.25) is 5.91 Å². The number of carbonyl (C=O) groups is 3. The number of methoxy groups -OCH3 is 1. The Morgan fingerprint density at radius 3 is 2.32 bits per heavy atom. The van der Waals surface area contributed by atoms with Gasteiger partial charge in [-0.3, -0.25) is 19.3 Å². The van der Waals surface area contributed by atoms with Gasteiger partial charge in [-0.1, -0.05) is 43.5 Å². The van der Waals surface area contributed by atoms with E-state index in [1.807, 2.05) is 48.5 Å². The first-order valence-corrected chi connectivity index (χ1v) is 13.0. The molecule has 9 nitrogen and oxygen atoms in total. The van der Waals surface area contributed by atoms with Crippen LogP contribution in [0.2, 0.25) is 0 Å². The third kappa shape index (κ3) is 6.26. The fourth-order valence-corrected chi connectivity index (χ4v) is 5.29.